The van der Waals surface area contributed by atoms with Gasteiger partial charge in [0.15, 0.2) is 11.7 Å². The van der Waals surface area contributed by atoms with Crippen LogP contribution in [-0.4, -0.2) is 10.8 Å². The number of aromatic nitrogens is 1. The summed E-state index contributed by atoms with van der Waals surface area (Å²) >= 11 is 0. The van der Waals surface area contributed by atoms with Gasteiger partial charge in [-0.05, 0) is 23.8 Å². The highest BCUT2D eigenvalue weighted by Gasteiger charge is 2.31. The van der Waals surface area contributed by atoms with E-state index in [1.54, 1.807) is 30.3 Å². The van der Waals surface area contributed by atoms with Gasteiger partial charge < -0.3 is 0 Å². The lowest BCUT2D eigenvalue weighted by atomic mass is 9.99. The van der Waals surface area contributed by atoms with Crippen LogP contribution in [0.4, 0.5) is 13.2 Å². The molecule has 3 nitrogen and oxygen atoms in total. The van der Waals surface area contributed by atoms with E-state index in [0.717, 1.165) is 17.7 Å². The zero-order chi connectivity index (χ0) is 16.9. The number of nitriles is 1. The first-order chi connectivity index (χ1) is 10.9. The fourth-order valence-corrected chi connectivity index (χ4v) is 1.86. The second-order valence-corrected chi connectivity index (χ2v) is 4.68. The maximum Gasteiger partial charge on any atom is 0.417 e. The topological polar surface area (TPSA) is 53.8 Å². The predicted molar refractivity (Wildman–Crippen MR) is 78.1 cm³/mol. The molecule has 0 spiro atoms. The highest BCUT2D eigenvalue weighted by molar-refractivity contribution is 6.00. The summed E-state index contributed by atoms with van der Waals surface area (Å²) in [7, 11) is 0. The fraction of sp³-hybridized carbons (Fsp3) is 0.118. The number of benzene rings is 1. The van der Waals surface area contributed by atoms with Gasteiger partial charge in [-0.15, -0.1) is 0 Å². The van der Waals surface area contributed by atoms with E-state index < -0.39 is 23.4 Å². The molecule has 0 aliphatic rings. The molecular weight excluding hydrogens is 305 g/mol. The first-order valence-electron chi connectivity index (χ1n) is 6.61. The zero-order valence-electron chi connectivity index (χ0n) is 11.8. The van der Waals surface area contributed by atoms with Crippen molar-refractivity contribution >= 4 is 11.9 Å². The van der Waals surface area contributed by atoms with Crippen molar-refractivity contribution < 1.29 is 18.0 Å². The number of nitrogens with zero attached hydrogens (tertiary/aromatic N) is 2. The molecule has 0 aliphatic heterocycles. The first-order valence-corrected chi connectivity index (χ1v) is 6.61. The normalized spacial score (nSPS) is 12.8. The van der Waals surface area contributed by atoms with E-state index in [1.807, 2.05) is 6.07 Å². The van der Waals surface area contributed by atoms with Crippen molar-refractivity contribution in [2.45, 2.75) is 12.1 Å². The third-order valence-electron chi connectivity index (χ3n) is 3.06. The van der Waals surface area contributed by atoms with Gasteiger partial charge in [-0.1, -0.05) is 36.4 Å². The molecule has 6 heteroatoms. The van der Waals surface area contributed by atoms with E-state index in [2.05, 4.69) is 4.98 Å². The second kappa shape index (κ2) is 6.88. The van der Waals surface area contributed by atoms with Gasteiger partial charge in [0, 0.05) is 6.20 Å². The molecule has 2 rings (SSSR count). The number of carbonyl (C=O) groups excluding carboxylic acids is 1. The largest absolute Gasteiger partial charge is 0.417 e. The van der Waals surface area contributed by atoms with Crippen molar-refractivity contribution in [2.75, 3.05) is 0 Å². The van der Waals surface area contributed by atoms with Crippen molar-refractivity contribution in [3.8, 4) is 6.07 Å². The van der Waals surface area contributed by atoms with Gasteiger partial charge >= 0.3 is 6.18 Å². The van der Waals surface area contributed by atoms with Crippen molar-refractivity contribution in [3.05, 3.63) is 71.6 Å². The number of ketones is 1. The number of alkyl halides is 3. The van der Waals surface area contributed by atoms with E-state index in [4.69, 9.17) is 5.26 Å². The van der Waals surface area contributed by atoms with E-state index in [-0.39, 0.29) is 5.69 Å². The van der Waals surface area contributed by atoms with Crippen LogP contribution in [0.1, 0.15) is 22.7 Å². The highest BCUT2D eigenvalue weighted by atomic mass is 19.4. The molecule has 0 saturated carbocycles. The van der Waals surface area contributed by atoms with E-state index in [0.29, 0.717) is 6.20 Å². The van der Waals surface area contributed by atoms with Crippen LogP contribution in [0.3, 0.4) is 0 Å². The van der Waals surface area contributed by atoms with Crippen molar-refractivity contribution in [1.82, 2.24) is 4.98 Å². The minimum absolute atomic E-state index is 0.0109. The summed E-state index contributed by atoms with van der Waals surface area (Å²) < 4.78 is 37.5. The average molecular weight is 316 g/mol. The molecule has 2 aromatic rings. The quantitative estimate of drug-likeness (QED) is 0.801. The number of carbonyl (C=O) groups is 1. The number of hydrogen-bond acceptors (Lipinski definition) is 3. The van der Waals surface area contributed by atoms with E-state index in [1.165, 1.54) is 12.2 Å². The second-order valence-electron chi connectivity index (χ2n) is 4.68. The Morgan fingerprint density at radius 2 is 1.87 bits per heavy atom. The van der Waals surface area contributed by atoms with Gasteiger partial charge in [0.05, 0.1) is 17.3 Å². The van der Waals surface area contributed by atoms with Gasteiger partial charge in [-0.25, -0.2) is 0 Å². The van der Waals surface area contributed by atoms with Crippen LogP contribution < -0.4 is 0 Å². The summed E-state index contributed by atoms with van der Waals surface area (Å²) in [6.07, 6.45) is -1.13. The van der Waals surface area contributed by atoms with Gasteiger partial charge in [0.25, 0.3) is 0 Å². The van der Waals surface area contributed by atoms with Crippen molar-refractivity contribution in [1.29, 1.82) is 5.26 Å². The minimum Gasteiger partial charge on any atom is -0.293 e. The molecule has 0 saturated heterocycles. The lowest BCUT2D eigenvalue weighted by molar-refractivity contribution is -0.137. The van der Waals surface area contributed by atoms with Crippen LogP contribution in [0.5, 0.6) is 0 Å². The summed E-state index contributed by atoms with van der Waals surface area (Å²) in [5, 5.41) is 9.11. The van der Waals surface area contributed by atoms with Crippen LogP contribution in [-0.2, 0) is 11.0 Å². The first kappa shape index (κ1) is 16.4. The van der Waals surface area contributed by atoms with Crippen LogP contribution in [0.2, 0.25) is 0 Å². The third-order valence-corrected chi connectivity index (χ3v) is 3.06. The highest BCUT2D eigenvalue weighted by Crippen LogP contribution is 2.29. The maximum absolute atomic E-state index is 12.5. The SMILES string of the molecule is N#CC(C(=O)C=Cc1ccccc1)c1ccc(C(F)(F)F)cn1. The summed E-state index contributed by atoms with van der Waals surface area (Å²) in [5.74, 6) is -1.78. The van der Waals surface area contributed by atoms with Crippen molar-refractivity contribution in [2.24, 2.45) is 0 Å². The molecule has 0 aliphatic carbocycles. The van der Waals surface area contributed by atoms with Gasteiger partial charge in [-0.2, -0.15) is 18.4 Å². The molecule has 23 heavy (non-hydrogen) atoms. The Balaban J connectivity index is 2.18. The Labute approximate surface area is 130 Å². The standard InChI is InChI=1S/C17H11F3N2O/c18-17(19,20)13-7-8-15(22-11-13)14(10-21)16(23)9-6-12-4-2-1-3-5-12/h1-9,11,14H. The Hall–Kier alpha value is -2.94. The zero-order valence-corrected chi connectivity index (χ0v) is 11.8. The number of hydrogen-bond donors (Lipinski definition) is 0. The average Bonchev–Trinajstić information content (AvgIpc) is 2.54. The monoisotopic (exact) mass is 316 g/mol. The molecule has 1 aromatic carbocycles. The molecule has 1 heterocycles. The van der Waals surface area contributed by atoms with E-state index in [9.17, 15) is 18.0 Å². The van der Waals surface area contributed by atoms with Crippen LogP contribution in [0, 0.1) is 11.3 Å². The summed E-state index contributed by atoms with van der Waals surface area (Å²) in [6.45, 7) is 0. The summed E-state index contributed by atoms with van der Waals surface area (Å²) in [5.41, 5.74) is -0.161. The molecule has 116 valence electrons. The Kier molecular flexibility index (Phi) is 4.91. The predicted octanol–water partition coefficient (Wildman–Crippen LogP) is 3.99. The molecular formula is C17H11F3N2O. The molecule has 0 radical (unpaired) electrons. The molecule has 0 N–H and O–H groups in total. The third kappa shape index (κ3) is 4.27. The lowest BCUT2D eigenvalue weighted by Gasteiger charge is -2.08. The summed E-state index contributed by atoms with van der Waals surface area (Å²) in [4.78, 5) is 15.7. The van der Waals surface area contributed by atoms with Gasteiger partial charge in [0.2, 0.25) is 0 Å². The van der Waals surface area contributed by atoms with Gasteiger partial charge in [-0.3, -0.25) is 9.78 Å². The van der Waals surface area contributed by atoms with Crippen molar-refractivity contribution in [3.63, 3.8) is 0 Å². The van der Waals surface area contributed by atoms with E-state index >= 15 is 0 Å². The molecule has 1 unspecified atom stereocenters. The van der Waals surface area contributed by atoms with Crippen LogP contribution >= 0.6 is 0 Å². The minimum atomic E-state index is -4.51. The Morgan fingerprint density at radius 1 is 1.17 bits per heavy atom. The fourth-order valence-electron chi connectivity index (χ4n) is 1.86. The number of allylic oxidation sites excluding steroid dienone is 1. The molecule has 0 bridgehead atoms. The Morgan fingerprint density at radius 3 is 2.39 bits per heavy atom. The molecule has 0 amide bonds. The smallest absolute Gasteiger partial charge is 0.293 e. The maximum atomic E-state index is 12.5. The van der Waals surface area contributed by atoms with Crippen LogP contribution in [0.15, 0.2) is 54.7 Å². The lowest BCUT2D eigenvalue weighted by Crippen LogP contribution is -2.11. The summed E-state index contributed by atoms with van der Waals surface area (Å²) in [6, 6.07) is 12.6. The number of pyridine rings is 1. The molecule has 1 aromatic heterocycles. The van der Waals surface area contributed by atoms with Gasteiger partial charge in [0.1, 0.15) is 0 Å². The molecule has 1 atom stereocenters. The molecule has 0 fully saturated rings. The Bertz CT molecular complexity index is 744. The number of halogens is 3. The number of rotatable bonds is 4. The van der Waals surface area contributed by atoms with Crippen LogP contribution in [0.25, 0.3) is 6.08 Å².